The molecule has 0 radical (unpaired) electrons. The van der Waals surface area contributed by atoms with E-state index in [4.69, 9.17) is 5.21 Å². The molecule has 13 heavy (non-hydrogen) atoms. The molecule has 0 aromatic rings. The van der Waals surface area contributed by atoms with Crippen molar-refractivity contribution in [3.05, 3.63) is 0 Å². The SMILES string of the molecule is CC(C)C1CCC(C(=O)NO)CC1. The highest BCUT2D eigenvalue weighted by atomic mass is 16.5. The molecule has 0 saturated heterocycles. The van der Waals surface area contributed by atoms with Gasteiger partial charge in [0.25, 0.3) is 0 Å². The number of nitrogens with one attached hydrogen (secondary N) is 1. The van der Waals surface area contributed by atoms with Crippen LogP contribution < -0.4 is 5.48 Å². The molecule has 1 rings (SSSR count). The maximum absolute atomic E-state index is 11.1. The summed E-state index contributed by atoms with van der Waals surface area (Å²) < 4.78 is 0. The quantitative estimate of drug-likeness (QED) is 0.510. The van der Waals surface area contributed by atoms with Crippen molar-refractivity contribution < 1.29 is 10.0 Å². The molecule has 0 atom stereocenters. The van der Waals surface area contributed by atoms with Crippen molar-refractivity contribution >= 4 is 5.91 Å². The van der Waals surface area contributed by atoms with E-state index < -0.39 is 0 Å². The Morgan fingerprint density at radius 2 is 1.85 bits per heavy atom. The van der Waals surface area contributed by atoms with E-state index in [-0.39, 0.29) is 11.8 Å². The lowest BCUT2D eigenvalue weighted by atomic mass is 9.77. The van der Waals surface area contributed by atoms with Crippen molar-refractivity contribution in [2.24, 2.45) is 17.8 Å². The second kappa shape index (κ2) is 4.61. The highest BCUT2D eigenvalue weighted by molar-refractivity contribution is 5.77. The summed E-state index contributed by atoms with van der Waals surface area (Å²) in [5.41, 5.74) is 1.74. The third kappa shape index (κ3) is 2.69. The van der Waals surface area contributed by atoms with Crippen LogP contribution in [0.25, 0.3) is 0 Å². The van der Waals surface area contributed by atoms with Gasteiger partial charge in [-0.3, -0.25) is 10.0 Å². The van der Waals surface area contributed by atoms with E-state index in [0.717, 1.165) is 37.5 Å². The first-order valence-corrected chi connectivity index (χ1v) is 5.09. The predicted molar refractivity (Wildman–Crippen MR) is 50.2 cm³/mol. The molecule has 0 spiro atoms. The summed E-state index contributed by atoms with van der Waals surface area (Å²) in [4.78, 5) is 11.1. The molecule has 0 aliphatic heterocycles. The van der Waals surface area contributed by atoms with Crippen LogP contribution in [0.2, 0.25) is 0 Å². The van der Waals surface area contributed by atoms with Crippen molar-refractivity contribution in [3.63, 3.8) is 0 Å². The number of rotatable bonds is 2. The molecule has 0 aromatic heterocycles. The maximum Gasteiger partial charge on any atom is 0.246 e. The Hall–Kier alpha value is -0.570. The van der Waals surface area contributed by atoms with Crippen molar-refractivity contribution in [3.8, 4) is 0 Å². The number of amides is 1. The van der Waals surface area contributed by atoms with E-state index >= 15 is 0 Å². The molecule has 1 aliphatic carbocycles. The van der Waals surface area contributed by atoms with E-state index in [1.807, 2.05) is 0 Å². The summed E-state index contributed by atoms with van der Waals surface area (Å²) in [6, 6.07) is 0. The molecule has 2 N–H and O–H groups in total. The highest BCUT2D eigenvalue weighted by Gasteiger charge is 2.27. The van der Waals surface area contributed by atoms with Gasteiger partial charge in [0.2, 0.25) is 5.91 Å². The Bertz CT molecular complexity index is 172. The number of hydrogen-bond donors (Lipinski definition) is 2. The number of carbonyl (C=O) groups is 1. The lowest BCUT2D eigenvalue weighted by Gasteiger charge is -2.29. The zero-order valence-corrected chi connectivity index (χ0v) is 8.42. The fourth-order valence-corrected chi connectivity index (χ4v) is 2.14. The summed E-state index contributed by atoms with van der Waals surface area (Å²) in [6.45, 7) is 4.47. The first-order valence-electron chi connectivity index (χ1n) is 5.09. The van der Waals surface area contributed by atoms with Gasteiger partial charge in [0, 0.05) is 5.92 Å². The molecular formula is C10H19NO2. The smallest absolute Gasteiger partial charge is 0.246 e. The summed E-state index contributed by atoms with van der Waals surface area (Å²) in [5, 5.41) is 8.46. The minimum atomic E-state index is -0.206. The first-order chi connectivity index (χ1) is 6.15. The van der Waals surface area contributed by atoms with E-state index in [2.05, 4.69) is 13.8 Å². The second-order valence-corrected chi connectivity index (χ2v) is 4.33. The molecule has 1 fully saturated rings. The Labute approximate surface area is 79.5 Å². The molecule has 3 heteroatoms. The summed E-state index contributed by atoms with van der Waals surface area (Å²) >= 11 is 0. The molecule has 1 saturated carbocycles. The molecule has 76 valence electrons. The summed E-state index contributed by atoms with van der Waals surface area (Å²) in [5.74, 6) is 1.32. The zero-order valence-electron chi connectivity index (χ0n) is 8.42. The van der Waals surface area contributed by atoms with Gasteiger partial charge in [0.05, 0.1) is 0 Å². The Morgan fingerprint density at radius 1 is 1.31 bits per heavy atom. The van der Waals surface area contributed by atoms with Crippen molar-refractivity contribution in [2.45, 2.75) is 39.5 Å². The van der Waals surface area contributed by atoms with E-state index in [0.29, 0.717) is 0 Å². The predicted octanol–water partition coefficient (Wildman–Crippen LogP) is 1.95. The minimum Gasteiger partial charge on any atom is -0.289 e. The van der Waals surface area contributed by atoms with Gasteiger partial charge >= 0.3 is 0 Å². The van der Waals surface area contributed by atoms with Crippen molar-refractivity contribution in [1.29, 1.82) is 0 Å². The molecular weight excluding hydrogens is 166 g/mol. The van der Waals surface area contributed by atoms with E-state index in [1.165, 1.54) is 0 Å². The molecule has 1 aliphatic rings. The van der Waals surface area contributed by atoms with Crippen LogP contribution in [0.3, 0.4) is 0 Å². The zero-order chi connectivity index (χ0) is 9.84. The first kappa shape index (κ1) is 10.5. The topological polar surface area (TPSA) is 49.3 Å². The van der Waals surface area contributed by atoms with Gasteiger partial charge in [-0.1, -0.05) is 13.8 Å². The van der Waals surface area contributed by atoms with Gasteiger partial charge in [-0.05, 0) is 37.5 Å². The van der Waals surface area contributed by atoms with Crippen LogP contribution in [0.5, 0.6) is 0 Å². The van der Waals surface area contributed by atoms with Crippen LogP contribution >= 0.6 is 0 Å². The fraction of sp³-hybridized carbons (Fsp3) is 0.900. The van der Waals surface area contributed by atoms with Gasteiger partial charge in [-0.25, -0.2) is 5.48 Å². The Morgan fingerprint density at radius 3 is 2.23 bits per heavy atom. The van der Waals surface area contributed by atoms with Crippen LogP contribution in [-0.4, -0.2) is 11.1 Å². The second-order valence-electron chi connectivity index (χ2n) is 4.33. The average Bonchev–Trinajstić information content (AvgIpc) is 2.17. The van der Waals surface area contributed by atoms with Crippen molar-refractivity contribution in [2.75, 3.05) is 0 Å². The van der Waals surface area contributed by atoms with Crippen LogP contribution in [0, 0.1) is 17.8 Å². The fourth-order valence-electron chi connectivity index (χ4n) is 2.14. The maximum atomic E-state index is 11.1. The van der Waals surface area contributed by atoms with Crippen LogP contribution in [0.4, 0.5) is 0 Å². The van der Waals surface area contributed by atoms with Gasteiger partial charge in [0.15, 0.2) is 0 Å². The largest absolute Gasteiger partial charge is 0.289 e. The average molecular weight is 185 g/mol. The molecule has 0 unspecified atom stereocenters. The van der Waals surface area contributed by atoms with Gasteiger partial charge in [-0.2, -0.15) is 0 Å². The minimum absolute atomic E-state index is 0.0417. The number of hydrogen-bond acceptors (Lipinski definition) is 2. The third-order valence-electron chi connectivity index (χ3n) is 3.20. The van der Waals surface area contributed by atoms with Crippen LogP contribution in [0.15, 0.2) is 0 Å². The molecule has 0 heterocycles. The summed E-state index contributed by atoms with van der Waals surface area (Å²) in [6.07, 6.45) is 4.09. The molecule has 3 nitrogen and oxygen atoms in total. The monoisotopic (exact) mass is 185 g/mol. The van der Waals surface area contributed by atoms with Crippen molar-refractivity contribution in [1.82, 2.24) is 5.48 Å². The molecule has 0 bridgehead atoms. The number of hydroxylamine groups is 1. The third-order valence-corrected chi connectivity index (χ3v) is 3.20. The lowest BCUT2D eigenvalue weighted by Crippen LogP contribution is -2.31. The Balaban J connectivity index is 2.34. The molecule has 0 aromatic carbocycles. The number of carbonyl (C=O) groups excluding carboxylic acids is 1. The van der Waals surface area contributed by atoms with Crippen LogP contribution in [0.1, 0.15) is 39.5 Å². The van der Waals surface area contributed by atoms with Gasteiger partial charge in [0.1, 0.15) is 0 Å². The van der Waals surface area contributed by atoms with E-state index in [9.17, 15) is 4.79 Å². The normalized spacial score (nSPS) is 28.9. The summed E-state index contributed by atoms with van der Waals surface area (Å²) in [7, 11) is 0. The van der Waals surface area contributed by atoms with E-state index in [1.54, 1.807) is 5.48 Å². The standard InChI is InChI=1S/C10H19NO2/c1-7(2)8-3-5-9(6-4-8)10(12)11-13/h7-9,13H,3-6H2,1-2H3,(H,11,12). The van der Waals surface area contributed by atoms with Gasteiger partial charge in [-0.15, -0.1) is 0 Å². The van der Waals surface area contributed by atoms with Crippen LogP contribution in [-0.2, 0) is 4.79 Å². The van der Waals surface area contributed by atoms with Gasteiger partial charge < -0.3 is 0 Å². The molecule has 1 amide bonds. The lowest BCUT2D eigenvalue weighted by molar-refractivity contribution is -0.134. The highest BCUT2D eigenvalue weighted by Crippen LogP contribution is 2.33. The Kier molecular flexibility index (Phi) is 3.72.